The first-order valence-electron chi connectivity index (χ1n) is 3.80. The van der Waals surface area contributed by atoms with Gasteiger partial charge in [0.25, 0.3) is 0 Å². The van der Waals surface area contributed by atoms with Crippen LogP contribution in [0.15, 0.2) is 24.3 Å². The van der Waals surface area contributed by atoms with Crippen molar-refractivity contribution in [1.82, 2.24) is 0 Å². The molecule has 0 saturated heterocycles. The topological polar surface area (TPSA) is 9.23 Å². The van der Waals surface area contributed by atoms with Crippen LogP contribution in [0.4, 0.5) is 0 Å². The Morgan fingerprint density at radius 3 is 3.17 bits per heavy atom. The van der Waals surface area contributed by atoms with Crippen LogP contribution in [0.2, 0.25) is 0 Å². The van der Waals surface area contributed by atoms with Crippen molar-refractivity contribution in [3.8, 4) is 18.1 Å². The van der Waals surface area contributed by atoms with Crippen LogP contribution in [0.25, 0.3) is 6.08 Å². The Kier molecular flexibility index (Phi) is 1.60. The number of hydrogen-bond donors (Lipinski definition) is 0. The van der Waals surface area contributed by atoms with Crippen LogP contribution >= 0.6 is 0 Å². The second-order valence-corrected chi connectivity index (χ2v) is 2.61. The van der Waals surface area contributed by atoms with Crippen molar-refractivity contribution < 1.29 is 4.74 Å². The summed E-state index contributed by atoms with van der Waals surface area (Å²) in [4.78, 5) is 0. The van der Waals surface area contributed by atoms with Crippen LogP contribution in [-0.2, 0) is 0 Å². The Bertz CT molecular complexity index is 369. The van der Waals surface area contributed by atoms with E-state index >= 15 is 0 Å². The lowest BCUT2D eigenvalue weighted by Crippen LogP contribution is -1.99. The number of ether oxygens (including phenoxy) is 1. The molecule has 1 nitrogen and oxygen atoms in total. The Hall–Kier alpha value is -1.68. The van der Waals surface area contributed by atoms with Crippen molar-refractivity contribution in [1.29, 1.82) is 0 Å². The van der Waals surface area contributed by atoms with Gasteiger partial charge in [-0.05, 0) is 18.2 Å². The molecule has 0 unspecified atom stereocenters. The predicted octanol–water partition coefficient (Wildman–Crippen LogP) is 2.07. The summed E-state index contributed by atoms with van der Waals surface area (Å²) in [6.45, 7) is 0.640. The van der Waals surface area contributed by atoms with Crippen LogP contribution in [0.3, 0.4) is 0 Å². The third kappa shape index (κ3) is 1.08. The van der Waals surface area contributed by atoms with Gasteiger partial charge in [0.05, 0.1) is 0 Å². The fraction of sp³-hybridized carbons (Fsp3) is 0.0909. The average molecular weight is 156 g/mol. The van der Waals surface area contributed by atoms with Gasteiger partial charge in [-0.3, -0.25) is 0 Å². The van der Waals surface area contributed by atoms with Gasteiger partial charge in [0.15, 0.2) is 0 Å². The van der Waals surface area contributed by atoms with E-state index in [1.807, 2.05) is 30.4 Å². The van der Waals surface area contributed by atoms with Crippen LogP contribution in [0.5, 0.6) is 5.75 Å². The number of fused-ring (bicyclic) bond motifs is 1. The van der Waals surface area contributed by atoms with E-state index in [9.17, 15) is 0 Å². The van der Waals surface area contributed by atoms with Crippen molar-refractivity contribution >= 4 is 6.08 Å². The summed E-state index contributed by atoms with van der Waals surface area (Å²) in [6.07, 6.45) is 9.28. The standard InChI is InChI=1S/C11H8O/c1-2-9-5-6-10-4-3-7-12-11(10)8-9/h1,3-6,8H,7H2. The van der Waals surface area contributed by atoms with Crippen molar-refractivity contribution in [3.63, 3.8) is 0 Å². The quantitative estimate of drug-likeness (QED) is 0.522. The molecule has 0 saturated carbocycles. The van der Waals surface area contributed by atoms with Crippen molar-refractivity contribution in [3.05, 3.63) is 35.4 Å². The lowest BCUT2D eigenvalue weighted by Gasteiger charge is -2.11. The second-order valence-electron chi connectivity index (χ2n) is 2.61. The molecule has 12 heavy (non-hydrogen) atoms. The molecule has 1 heteroatoms. The molecule has 1 aliphatic heterocycles. The largest absolute Gasteiger partial charge is 0.489 e. The fourth-order valence-corrected chi connectivity index (χ4v) is 1.20. The van der Waals surface area contributed by atoms with Crippen LogP contribution in [0.1, 0.15) is 11.1 Å². The second kappa shape index (κ2) is 2.75. The Morgan fingerprint density at radius 2 is 2.33 bits per heavy atom. The molecule has 1 aromatic carbocycles. The third-order valence-electron chi connectivity index (χ3n) is 1.81. The van der Waals surface area contributed by atoms with Gasteiger partial charge in [0.1, 0.15) is 12.4 Å². The highest BCUT2D eigenvalue weighted by Gasteiger charge is 2.04. The smallest absolute Gasteiger partial charge is 0.128 e. The highest BCUT2D eigenvalue weighted by molar-refractivity contribution is 5.61. The average Bonchev–Trinajstić information content (AvgIpc) is 2.17. The summed E-state index contributed by atoms with van der Waals surface area (Å²) < 4.78 is 5.38. The van der Waals surface area contributed by atoms with Gasteiger partial charge < -0.3 is 4.74 Å². The Balaban J connectivity index is 2.53. The van der Waals surface area contributed by atoms with Gasteiger partial charge in [-0.25, -0.2) is 0 Å². The summed E-state index contributed by atoms with van der Waals surface area (Å²) in [6, 6.07) is 5.77. The first-order chi connectivity index (χ1) is 5.90. The number of hydrogen-bond acceptors (Lipinski definition) is 1. The summed E-state index contributed by atoms with van der Waals surface area (Å²) in [5.41, 5.74) is 1.96. The number of benzene rings is 1. The normalized spacial score (nSPS) is 12.9. The van der Waals surface area contributed by atoms with Crippen LogP contribution in [0, 0.1) is 12.3 Å². The molecule has 1 aliphatic rings. The Morgan fingerprint density at radius 1 is 1.42 bits per heavy atom. The molecule has 0 atom stereocenters. The summed E-state index contributed by atoms with van der Waals surface area (Å²) in [5, 5.41) is 0. The van der Waals surface area contributed by atoms with E-state index in [2.05, 4.69) is 5.92 Å². The highest BCUT2D eigenvalue weighted by Crippen LogP contribution is 2.24. The first kappa shape index (κ1) is 7.00. The zero-order valence-electron chi connectivity index (χ0n) is 6.58. The number of rotatable bonds is 0. The van der Waals surface area contributed by atoms with Gasteiger partial charge in [-0.15, -0.1) is 6.42 Å². The van der Waals surface area contributed by atoms with E-state index in [1.54, 1.807) is 0 Å². The summed E-state index contributed by atoms with van der Waals surface area (Å²) in [5.74, 6) is 3.46. The summed E-state index contributed by atoms with van der Waals surface area (Å²) in [7, 11) is 0. The van der Waals surface area contributed by atoms with Gasteiger partial charge in [0, 0.05) is 11.1 Å². The Labute approximate surface area is 71.7 Å². The maximum Gasteiger partial charge on any atom is 0.128 e. The monoisotopic (exact) mass is 156 g/mol. The van der Waals surface area contributed by atoms with E-state index in [0.29, 0.717) is 6.61 Å². The SMILES string of the molecule is C#Cc1ccc2c(c1)OCC=C2. The van der Waals surface area contributed by atoms with Crippen LogP contribution in [-0.4, -0.2) is 6.61 Å². The van der Waals surface area contributed by atoms with Crippen molar-refractivity contribution in [2.75, 3.05) is 6.61 Å². The van der Waals surface area contributed by atoms with Crippen LogP contribution < -0.4 is 4.74 Å². The lowest BCUT2D eigenvalue weighted by molar-refractivity contribution is 0.358. The maximum absolute atomic E-state index is 5.38. The van der Waals surface area contributed by atoms with E-state index < -0.39 is 0 Å². The molecular formula is C11H8O. The molecular weight excluding hydrogens is 148 g/mol. The molecule has 0 N–H and O–H groups in total. The molecule has 2 rings (SSSR count). The fourth-order valence-electron chi connectivity index (χ4n) is 1.20. The highest BCUT2D eigenvalue weighted by atomic mass is 16.5. The molecule has 0 amide bonds. The van der Waals surface area contributed by atoms with Gasteiger partial charge in [-0.2, -0.15) is 0 Å². The molecule has 0 spiro atoms. The molecule has 1 aromatic rings. The number of terminal acetylenes is 1. The van der Waals surface area contributed by atoms with E-state index in [4.69, 9.17) is 11.2 Å². The van der Waals surface area contributed by atoms with Gasteiger partial charge >= 0.3 is 0 Å². The molecule has 58 valence electrons. The van der Waals surface area contributed by atoms with Gasteiger partial charge in [-0.1, -0.05) is 18.1 Å². The molecule has 0 bridgehead atoms. The van der Waals surface area contributed by atoms with Crippen molar-refractivity contribution in [2.45, 2.75) is 0 Å². The lowest BCUT2D eigenvalue weighted by atomic mass is 10.1. The zero-order valence-corrected chi connectivity index (χ0v) is 6.58. The maximum atomic E-state index is 5.38. The zero-order chi connectivity index (χ0) is 8.39. The predicted molar refractivity (Wildman–Crippen MR) is 48.9 cm³/mol. The minimum atomic E-state index is 0.640. The molecule has 0 aliphatic carbocycles. The minimum absolute atomic E-state index is 0.640. The third-order valence-corrected chi connectivity index (χ3v) is 1.81. The minimum Gasteiger partial charge on any atom is -0.489 e. The molecule has 0 radical (unpaired) electrons. The first-order valence-corrected chi connectivity index (χ1v) is 3.80. The van der Waals surface area contributed by atoms with E-state index in [-0.39, 0.29) is 0 Å². The molecule has 1 heterocycles. The van der Waals surface area contributed by atoms with Crippen molar-refractivity contribution in [2.24, 2.45) is 0 Å². The summed E-state index contributed by atoms with van der Waals surface area (Å²) >= 11 is 0. The van der Waals surface area contributed by atoms with E-state index in [1.165, 1.54) is 0 Å². The molecule has 0 aromatic heterocycles. The van der Waals surface area contributed by atoms with E-state index in [0.717, 1.165) is 16.9 Å². The van der Waals surface area contributed by atoms with Gasteiger partial charge in [0.2, 0.25) is 0 Å². The molecule has 0 fully saturated rings.